The van der Waals surface area contributed by atoms with Crippen molar-refractivity contribution in [1.82, 2.24) is 19.5 Å². The van der Waals surface area contributed by atoms with E-state index in [0.717, 1.165) is 44.3 Å². The number of hydrogen-bond donors (Lipinski definition) is 0. The van der Waals surface area contributed by atoms with E-state index in [0.29, 0.717) is 17.6 Å². The van der Waals surface area contributed by atoms with Crippen LogP contribution in [-0.4, -0.2) is 19.5 Å². The number of nitrogens with zero attached hydrogens (tertiary/aromatic N) is 5. The van der Waals surface area contributed by atoms with Crippen molar-refractivity contribution in [3.63, 3.8) is 0 Å². The monoisotopic (exact) mass is 663 g/mol. The summed E-state index contributed by atoms with van der Waals surface area (Å²) in [4.78, 5) is 17.9. The van der Waals surface area contributed by atoms with Gasteiger partial charge in [-0.3, -0.25) is 4.57 Å². The van der Waals surface area contributed by atoms with Gasteiger partial charge in [0.25, 0.3) is 0 Å². The Bertz CT molecular complexity index is 2980. The summed E-state index contributed by atoms with van der Waals surface area (Å²) in [6.45, 7) is 0. The quantitative estimate of drug-likeness (QED) is 0.188. The summed E-state index contributed by atoms with van der Waals surface area (Å²) in [5.41, 5.74) is 9.78. The maximum absolute atomic E-state index is 5.25. The van der Waals surface area contributed by atoms with E-state index in [9.17, 15) is 0 Å². The smallest absolute Gasteiger partial charge is 0.238 e. The highest BCUT2D eigenvalue weighted by Gasteiger charge is 2.28. The van der Waals surface area contributed by atoms with Gasteiger partial charge in [0.1, 0.15) is 0 Å². The summed E-state index contributed by atoms with van der Waals surface area (Å²) in [7, 11) is 0. The maximum Gasteiger partial charge on any atom is 0.238 e. The largest absolute Gasteiger partial charge is 0.309 e. The third-order valence-electron chi connectivity index (χ3n) is 10.3. The minimum Gasteiger partial charge on any atom is -0.309 e. The zero-order chi connectivity index (χ0) is 34.2. The zero-order valence-electron chi connectivity index (χ0n) is 28.0. The molecule has 8 aromatic carbocycles. The number of anilines is 3. The van der Waals surface area contributed by atoms with E-state index in [1.165, 1.54) is 38.4 Å². The molecule has 1 aliphatic heterocycles. The summed E-state index contributed by atoms with van der Waals surface area (Å²) < 4.78 is 2.16. The van der Waals surface area contributed by atoms with Gasteiger partial charge in [0.05, 0.1) is 22.4 Å². The average Bonchev–Trinajstić information content (AvgIpc) is 3.56. The van der Waals surface area contributed by atoms with Gasteiger partial charge in [0.2, 0.25) is 5.95 Å². The molecule has 0 amide bonds. The lowest BCUT2D eigenvalue weighted by Gasteiger charge is -2.34. The van der Waals surface area contributed by atoms with Gasteiger partial charge in [0, 0.05) is 43.9 Å². The molecule has 5 nitrogen and oxygen atoms in total. The topological polar surface area (TPSA) is 46.8 Å². The molecule has 3 heterocycles. The minimum atomic E-state index is 0.583. The van der Waals surface area contributed by atoms with Crippen molar-refractivity contribution in [2.75, 3.05) is 4.90 Å². The lowest BCUT2D eigenvalue weighted by molar-refractivity contribution is 0.953. The SMILES string of the molecule is c1ccc(-c2nc(-c3cccc(N4c5c(ccc6ccccc56)-c5cccc6cccc4c56)c3)nc(-n3c4ccccc4c4ccccc43)n2)cc1. The Morgan fingerprint density at radius 1 is 0.404 bits per heavy atom. The van der Waals surface area contributed by atoms with Crippen LogP contribution in [0.3, 0.4) is 0 Å². The lowest BCUT2D eigenvalue weighted by atomic mass is 9.88. The molecule has 0 saturated carbocycles. The fraction of sp³-hybridized carbons (Fsp3) is 0. The normalized spacial score (nSPS) is 12.2. The van der Waals surface area contributed by atoms with Gasteiger partial charge in [-0.15, -0.1) is 0 Å². The fourth-order valence-corrected chi connectivity index (χ4v) is 8.07. The Hall–Kier alpha value is -7.11. The first kappa shape index (κ1) is 28.7. The fourth-order valence-electron chi connectivity index (χ4n) is 8.07. The average molecular weight is 664 g/mol. The third-order valence-corrected chi connectivity index (χ3v) is 10.3. The molecule has 0 fully saturated rings. The van der Waals surface area contributed by atoms with Crippen LogP contribution in [0, 0.1) is 0 Å². The molecule has 0 aliphatic carbocycles. The molecular weight excluding hydrogens is 635 g/mol. The molecule has 10 aromatic rings. The van der Waals surface area contributed by atoms with Gasteiger partial charge in [-0.2, -0.15) is 9.97 Å². The van der Waals surface area contributed by atoms with Gasteiger partial charge in [-0.25, -0.2) is 4.98 Å². The van der Waals surface area contributed by atoms with Crippen molar-refractivity contribution in [2.45, 2.75) is 0 Å². The highest BCUT2D eigenvalue weighted by Crippen LogP contribution is 2.53. The minimum absolute atomic E-state index is 0.583. The highest BCUT2D eigenvalue weighted by atomic mass is 15.2. The molecule has 0 atom stereocenters. The molecule has 0 saturated heterocycles. The van der Waals surface area contributed by atoms with Crippen LogP contribution in [0.1, 0.15) is 0 Å². The van der Waals surface area contributed by atoms with E-state index in [2.05, 4.69) is 167 Å². The maximum atomic E-state index is 5.25. The van der Waals surface area contributed by atoms with Crippen molar-refractivity contribution in [2.24, 2.45) is 0 Å². The summed E-state index contributed by atoms with van der Waals surface area (Å²) in [6.07, 6.45) is 0. The molecular formula is C47H29N5. The predicted octanol–water partition coefficient (Wildman–Crippen LogP) is 12.1. The molecule has 0 unspecified atom stereocenters. The van der Waals surface area contributed by atoms with Crippen LogP contribution in [0.5, 0.6) is 0 Å². The van der Waals surface area contributed by atoms with E-state index in [-0.39, 0.29) is 0 Å². The number of aromatic nitrogens is 4. The first-order valence-electron chi connectivity index (χ1n) is 17.5. The van der Waals surface area contributed by atoms with Gasteiger partial charge in [-0.1, -0.05) is 146 Å². The zero-order valence-corrected chi connectivity index (χ0v) is 28.0. The Morgan fingerprint density at radius 2 is 1.02 bits per heavy atom. The summed E-state index contributed by atoms with van der Waals surface area (Å²) in [5, 5.41) is 7.20. The summed E-state index contributed by atoms with van der Waals surface area (Å²) in [6, 6.07) is 62.1. The molecule has 0 bridgehead atoms. The van der Waals surface area contributed by atoms with Gasteiger partial charge in [-0.05, 0) is 46.7 Å². The molecule has 5 heteroatoms. The number of rotatable bonds is 4. The number of hydrogen-bond acceptors (Lipinski definition) is 4. The first-order valence-corrected chi connectivity index (χ1v) is 17.5. The van der Waals surface area contributed by atoms with E-state index in [1.807, 2.05) is 18.2 Å². The molecule has 2 aromatic heterocycles. The summed E-state index contributed by atoms with van der Waals surface area (Å²) in [5.74, 6) is 1.82. The predicted molar refractivity (Wildman–Crippen MR) is 214 cm³/mol. The van der Waals surface area contributed by atoms with Crippen LogP contribution in [0.2, 0.25) is 0 Å². The second kappa shape index (κ2) is 11.2. The van der Waals surface area contributed by atoms with Crippen LogP contribution < -0.4 is 4.90 Å². The number of benzene rings is 8. The first-order chi connectivity index (χ1) is 25.8. The Balaban J connectivity index is 1.16. The van der Waals surface area contributed by atoms with Gasteiger partial charge >= 0.3 is 0 Å². The van der Waals surface area contributed by atoms with E-state index in [1.54, 1.807) is 0 Å². The van der Waals surface area contributed by atoms with Crippen molar-refractivity contribution in [3.8, 4) is 39.9 Å². The standard InChI is InChI=1S/C47H29N5/c1-2-14-32(15-3-1)45-48-46(50-47(49-45)52-40-24-8-6-21-36(40)37-22-7-9-25-41(37)52)33-18-10-19-34(29-33)51-42-26-12-17-31-16-11-23-38(43(31)42)39-28-27-30-13-4-5-20-35(30)44(39)51/h1-29H. The number of fused-ring (bicyclic) bond motifs is 7. The van der Waals surface area contributed by atoms with Crippen LogP contribution in [0.4, 0.5) is 17.1 Å². The van der Waals surface area contributed by atoms with Crippen LogP contribution >= 0.6 is 0 Å². The van der Waals surface area contributed by atoms with E-state index < -0.39 is 0 Å². The molecule has 11 rings (SSSR count). The summed E-state index contributed by atoms with van der Waals surface area (Å²) >= 11 is 0. The second-order valence-corrected chi connectivity index (χ2v) is 13.3. The van der Waals surface area contributed by atoms with Crippen molar-refractivity contribution in [3.05, 3.63) is 176 Å². The van der Waals surface area contributed by atoms with Crippen LogP contribution in [0.15, 0.2) is 176 Å². The van der Waals surface area contributed by atoms with Crippen molar-refractivity contribution >= 4 is 60.4 Å². The van der Waals surface area contributed by atoms with Crippen LogP contribution in [-0.2, 0) is 0 Å². The Kier molecular flexibility index (Phi) is 6.18. The van der Waals surface area contributed by atoms with Gasteiger partial charge in [0.15, 0.2) is 11.6 Å². The molecule has 0 N–H and O–H groups in total. The highest BCUT2D eigenvalue weighted by molar-refractivity contribution is 6.19. The van der Waals surface area contributed by atoms with E-state index >= 15 is 0 Å². The van der Waals surface area contributed by atoms with Crippen molar-refractivity contribution in [1.29, 1.82) is 0 Å². The third kappa shape index (κ3) is 4.26. The number of para-hydroxylation sites is 2. The Morgan fingerprint density at radius 3 is 1.81 bits per heavy atom. The Labute approximate surface area is 299 Å². The van der Waals surface area contributed by atoms with Gasteiger partial charge < -0.3 is 4.90 Å². The van der Waals surface area contributed by atoms with Crippen molar-refractivity contribution < 1.29 is 0 Å². The molecule has 242 valence electrons. The van der Waals surface area contributed by atoms with E-state index in [4.69, 9.17) is 15.0 Å². The molecule has 0 spiro atoms. The van der Waals surface area contributed by atoms with Crippen LogP contribution in [0.25, 0.3) is 83.2 Å². The molecule has 52 heavy (non-hydrogen) atoms. The second-order valence-electron chi connectivity index (χ2n) is 13.3. The molecule has 1 aliphatic rings. The molecule has 0 radical (unpaired) electrons. The lowest BCUT2D eigenvalue weighted by Crippen LogP contribution is -2.15.